The van der Waals surface area contributed by atoms with Gasteiger partial charge in [-0.1, -0.05) is 31.2 Å². The Morgan fingerprint density at radius 1 is 1.18 bits per heavy atom. The molecular weight excluding hydrogens is 407 g/mol. The highest BCUT2D eigenvalue weighted by atomic mass is 127. The van der Waals surface area contributed by atoms with Gasteiger partial charge in [0.1, 0.15) is 0 Å². The lowest BCUT2D eigenvalue weighted by atomic mass is 10.1. The highest BCUT2D eigenvalue weighted by molar-refractivity contribution is 14.0. The molecule has 4 nitrogen and oxygen atoms in total. The van der Waals surface area contributed by atoms with Gasteiger partial charge in [0, 0.05) is 18.5 Å². The lowest BCUT2D eigenvalue weighted by Crippen LogP contribution is -2.36. The van der Waals surface area contributed by atoms with Crippen LogP contribution in [-0.4, -0.2) is 18.0 Å². The van der Waals surface area contributed by atoms with Crippen LogP contribution in [0.2, 0.25) is 0 Å². The van der Waals surface area contributed by atoms with Crippen LogP contribution in [0.4, 0.5) is 0 Å². The van der Waals surface area contributed by atoms with Gasteiger partial charge in [0.2, 0.25) is 0 Å². The van der Waals surface area contributed by atoms with Crippen LogP contribution in [0.15, 0.2) is 34.8 Å². The van der Waals surface area contributed by atoms with Crippen LogP contribution in [0, 0.1) is 6.92 Å². The standard InChI is InChI=1S/C16H22N4S.HI/c1-4-13-7-5-6-8-14(13)9-18-16(17-3)19-10-15-12(2)20-11-21-15;/h5-8,11H,4,9-10H2,1-3H3,(H2,17,18,19);1H. The van der Waals surface area contributed by atoms with E-state index in [-0.39, 0.29) is 24.0 Å². The molecule has 2 rings (SSSR count). The van der Waals surface area contributed by atoms with E-state index in [1.54, 1.807) is 18.4 Å². The quantitative estimate of drug-likeness (QED) is 0.434. The number of nitrogens with one attached hydrogen (secondary N) is 2. The van der Waals surface area contributed by atoms with Crippen molar-refractivity contribution < 1.29 is 0 Å². The number of aryl methyl sites for hydroxylation is 2. The number of guanidine groups is 1. The zero-order chi connectivity index (χ0) is 15.1. The molecule has 1 aromatic heterocycles. The van der Waals surface area contributed by atoms with Crippen LogP contribution in [0.5, 0.6) is 0 Å². The van der Waals surface area contributed by atoms with Crippen molar-refractivity contribution in [1.29, 1.82) is 0 Å². The molecule has 0 aliphatic heterocycles. The summed E-state index contributed by atoms with van der Waals surface area (Å²) in [7, 11) is 1.79. The third-order valence-corrected chi connectivity index (χ3v) is 4.37. The molecule has 0 aliphatic rings. The molecule has 0 spiro atoms. The van der Waals surface area contributed by atoms with E-state index in [9.17, 15) is 0 Å². The van der Waals surface area contributed by atoms with E-state index >= 15 is 0 Å². The van der Waals surface area contributed by atoms with E-state index in [0.29, 0.717) is 0 Å². The maximum Gasteiger partial charge on any atom is 0.191 e. The molecule has 0 amide bonds. The van der Waals surface area contributed by atoms with E-state index in [1.165, 1.54) is 16.0 Å². The Bertz CT molecular complexity index is 610. The van der Waals surface area contributed by atoms with Crippen molar-refractivity contribution >= 4 is 41.3 Å². The summed E-state index contributed by atoms with van der Waals surface area (Å²) in [5.74, 6) is 0.814. The van der Waals surface area contributed by atoms with Crippen LogP contribution in [0.25, 0.3) is 0 Å². The van der Waals surface area contributed by atoms with E-state index in [4.69, 9.17) is 0 Å². The molecule has 1 aromatic carbocycles. The molecule has 0 bridgehead atoms. The van der Waals surface area contributed by atoms with Crippen molar-refractivity contribution in [3.8, 4) is 0 Å². The summed E-state index contributed by atoms with van der Waals surface area (Å²) in [6.45, 7) is 5.75. The first-order valence-electron chi connectivity index (χ1n) is 7.14. The fourth-order valence-electron chi connectivity index (χ4n) is 2.13. The molecular formula is C16H23IN4S. The maximum absolute atomic E-state index is 4.27. The Hall–Kier alpha value is -1.15. The van der Waals surface area contributed by atoms with Crippen LogP contribution >= 0.6 is 35.3 Å². The summed E-state index contributed by atoms with van der Waals surface area (Å²) < 4.78 is 0. The van der Waals surface area contributed by atoms with E-state index in [2.05, 4.69) is 51.8 Å². The maximum atomic E-state index is 4.27. The highest BCUT2D eigenvalue weighted by Crippen LogP contribution is 2.11. The Balaban J connectivity index is 0.00000242. The molecule has 120 valence electrons. The first-order chi connectivity index (χ1) is 10.2. The number of aromatic nitrogens is 1. The number of rotatable bonds is 5. The van der Waals surface area contributed by atoms with E-state index < -0.39 is 0 Å². The Labute approximate surface area is 153 Å². The molecule has 22 heavy (non-hydrogen) atoms. The number of thiazole rings is 1. The summed E-state index contributed by atoms with van der Waals surface area (Å²) in [6, 6.07) is 8.50. The van der Waals surface area contributed by atoms with Gasteiger partial charge in [-0.05, 0) is 24.5 Å². The fourth-order valence-corrected chi connectivity index (χ4v) is 2.85. The van der Waals surface area contributed by atoms with Gasteiger partial charge in [0.25, 0.3) is 0 Å². The zero-order valence-corrected chi connectivity index (χ0v) is 16.4. The van der Waals surface area contributed by atoms with Crippen molar-refractivity contribution in [3.63, 3.8) is 0 Å². The fraction of sp³-hybridized carbons (Fsp3) is 0.375. The molecule has 0 atom stereocenters. The molecule has 1 heterocycles. The van der Waals surface area contributed by atoms with Gasteiger partial charge in [0.05, 0.1) is 17.7 Å². The number of aliphatic imine (C=N–C) groups is 1. The lowest BCUT2D eigenvalue weighted by Gasteiger charge is -2.13. The minimum absolute atomic E-state index is 0. The summed E-state index contributed by atoms with van der Waals surface area (Å²) in [5, 5.41) is 6.70. The molecule has 0 radical (unpaired) electrons. The second-order valence-corrected chi connectivity index (χ2v) is 5.70. The Morgan fingerprint density at radius 2 is 1.86 bits per heavy atom. The average molecular weight is 430 g/mol. The summed E-state index contributed by atoms with van der Waals surface area (Å²) in [5.41, 5.74) is 5.65. The SMILES string of the molecule is CCc1ccccc1CNC(=NC)NCc1scnc1C.I. The number of halogens is 1. The molecule has 0 aliphatic carbocycles. The van der Waals surface area contributed by atoms with Crippen LogP contribution in [0.3, 0.4) is 0 Å². The molecule has 6 heteroatoms. The van der Waals surface area contributed by atoms with Crippen molar-refractivity contribution in [3.05, 3.63) is 51.5 Å². The predicted molar refractivity (Wildman–Crippen MR) is 105 cm³/mol. The third kappa shape index (κ3) is 5.24. The van der Waals surface area contributed by atoms with Crippen LogP contribution < -0.4 is 10.6 Å². The third-order valence-electron chi connectivity index (χ3n) is 3.43. The average Bonchev–Trinajstić information content (AvgIpc) is 2.93. The minimum atomic E-state index is 0. The monoisotopic (exact) mass is 430 g/mol. The first-order valence-corrected chi connectivity index (χ1v) is 8.02. The van der Waals surface area contributed by atoms with Gasteiger partial charge in [0.15, 0.2) is 5.96 Å². The van der Waals surface area contributed by atoms with Gasteiger partial charge in [-0.3, -0.25) is 4.99 Å². The lowest BCUT2D eigenvalue weighted by molar-refractivity contribution is 0.805. The normalized spacial score (nSPS) is 11.0. The first kappa shape index (κ1) is 18.9. The van der Waals surface area contributed by atoms with Crippen LogP contribution in [-0.2, 0) is 19.5 Å². The van der Waals surface area contributed by atoms with Crippen LogP contribution in [0.1, 0.15) is 28.6 Å². The van der Waals surface area contributed by atoms with Crippen molar-refractivity contribution in [2.75, 3.05) is 7.05 Å². The van der Waals surface area contributed by atoms with Gasteiger partial charge in [-0.2, -0.15) is 0 Å². The van der Waals surface area contributed by atoms with E-state index in [1.807, 2.05) is 12.4 Å². The predicted octanol–water partition coefficient (Wildman–Crippen LogP) is 3.50. The number of nitrogens with zero attached hydrogens (tertiary/aromatic N) is 2. The Morgan fingerprint density at radius 3 is 2.45 bits per heavy atom. The molecule has 2 aromatic rings. The van der Waals surface area contributed by atoms with Gasteiger partial charge >= 0.3 is 0 Å². The van der Waals surface area contributed by atoms with Gasteiger partial charge < -0.3 is 10.6 Å². The highest BCUT2D eigenvalue weighted by Gasteiger charge is 2.04. The number of hydrogen-bond donors (Lipinski definition) is 2. The largest absolute Gasteiger partial charge is 0.352 e. The topological polar surface area (TPSA) is 49.3 Å². The number of hydrogen-bond acceptors (Lipinski definition) is 3. The Kier molecular flexibility index (Phi) is 8.40. The summed E-state index contributed by atoms with van der Waals surface area (Å²) in [6.07, 6.45) is 1.05. The van der Waals surface area contributed by atoms with Gasteiger partial charge in [-0.15, -0.1) is 35.3 Å². The van der Waals surface area contributed by atoms with Crippen molar-refractivity contribution in [2.24, 2.45) is 4.99 Å². The molecule has 0 unspecified atom stereocenters. The zero-order valence-electron chi connectivity index (χ0n) is 13.2. The summed E-state index contributed by atoms with van der Waals surface area (Å²) in [4.78, 5) is 9.76. The molecule has 0 saturated carbocycles. The van der Waals surface area contributed by atoms with Crippen molar-refractivity contribution in [2.45, 2.75) is 33.4 Å². The smallest absolute Gasteiger partial charge is 0.191 e. The summed E-state index contributed by atoms with van der Waals surface area (Å²) >= 11 is 1.67. The van der Waals surface area contributed by atoms with E-state index in [0.717, 1.165) is 31.2 Å². The van der Waals surface area contributed by atoms with Crippen molar-refractivity contribution in [1.82, 2.24) is 15.6 Å². The number of benzene rings is 1. The molecule has 0 saturated heterocycles. The molecule has 2 N–H and O–H groups in total. The second-order valence-electron chi connectivity index (χ2n) is 4.76. The molecule has 0 fully saturated rings. The van der Waals surface area contributed by atoms with Gasteiger partial charge in [-0.25, -0.2) is 4.98 Å². The minimum Gasteiger partial charge on any atom is -0.352 e. The second kappa shape index (κ2) is 9.78.